The summed E-state index contributed by atoms with van der Waals surface area (Å²) >= 11 is 0. The first-order valence-corrected chi connectivity index (χ1v) is 3.97. The zero-order valence-electron chi connectivity index (χ0n) is 7.53. The lowest BCUT2D eigenvalue weighted by molar-refractivity contribution is -0.0390. The van der Waals surface area contributed by atoms with Crippen molar-refractivity contribution in [3.63, 3.8) is 0 Å². The second-order valence-corrected chi connectivity index (χ2v) is 2.61. The van der Waals surface area contributed by atoms with Crippen molar-refractivity contribution in [2.45, 2.75) is 6.61 Å². The van der Waals surface area contributed by atoms with E-state index in [-0.39, 0.29) is 6.79 Å². The molecule has 0 spiro atoms. The van der Waals surface area contributed by atoms with Gasteiger partial charge >= 0.3 is 0 Å². The van der Waals surface area contributed by atoms with Gasteiger partial charge in [0, 0.05) is 12.7 Å². The number of rotatable bonds is 5. The fourth-order valence-corrected chi connectivity index (χ4v) is 0.935. The molecule has 0 heterocycles. The Bertz CT molecular complexity index is 253. The van der Waals surface area contributed by atoms with E-state index in [1.54, 1.807) is 19.2 Å². The first-order chi connectivity index (χ1) is 6.36. The lowest BCUT2D eigenvalue weighted by Crippen LogP contribution is -1.96. The molecule has 1 aromatic carbocycles. The zero-order valence-corrected chi connectivity index (χ0v) is 7.53. The van der Waals surface area contributed by atoms with Crippen LogP contribution in [0.4, 0.5) is 0 Å². The number of hydrogen-bond donors (Lipinski definition) is 0. The van der Waals surface area contributed by atoms with Gasteiger partial charge in [-0.15, -0.1) is 0 Å². The molecule has 0 radical (unpaired) electrons. The smallest absolute Gasteiger partial charge is 0.150 e. The van der Waals surface area contributed by atoms with Gasteiger partial charge in [-0.05, 0) is 5.56 Å². The second kappa shape index (κ2) is 5.45. The molecular weight excluding hydrogens is 168 g/mol. The zero-order chi connectivity index (χ0) is 9.52. The van der Waals surface area contributed by atoms with Crippen molar-refractivity contribution in [3.05, 3.63) is 35.4 Å². The maximum atomic E-state index is 10.3. The highest BCUT2D eigenvalue weighted by molar-refractivity contribution is 5.74. The summed E-state index contributed by atoms with van der Waals surface area (Å²) in [5, 5.41) is 0. The highest BCUT2D eigenvalue weighted by Gasteiger charge is 1.93. The van der Waals surface area contributed by atoms with Crippen LogP contribution in [0.25, 0.3) is 0 Å². The Hall–Kier alpha value is -1.19. The lowest BCUT2D eigenvalue weighted by Gasteiger charge is -2.02. The van der Waals surface area contributed by atoms with E-state index < -0.39 is 0 Å². The van der Waals surface area contributed by atoms with Crippen LogP contribution in [0.2, 0.25) is 0 Å². The van der Waals surface area contributed by atoms with Crippen molar-refractivity contribution in [2.75, 3.05) is 13.9 Å². The molecule has 0 atom stereocenters. The molecular formula is C10H12O3. The third-order valence-corrected chi connectivity index (χ3v) is 1.59. The molecule has 0 amide bonds. The van der Waals surface area contributed by atoms with Gasteiger partial charge in [0.25, 0.3) is 0 Å². The first kappa shape index (κ1) is 9.89. The fourth-order valence-electron chi connectivity index (χ4n) is 0.935. The van der Waals surface area contributed by atoms with Crippen molar-refractivity contribution in [1.82, 2.24) is 0 Å². The third kappa shape index (κ3) is 3.36. The van der Waals surface area contributed by atoms with Crippen LogP contribution >= 0.6 is 0 Å². The predicted molar refractivity (Wildman–Crippen MR) is 48.5 cm³/mol. The standard InChI is InChI=1S/C10H12O3/c1-12-8-13-7-10-4-2-9(6-11)3-5-10/h2-6H,7-8H2,1H3. The molecule has 3 nitrogen and oxygen atoms in total. The maximum Gasteiger partial charge on any atom is 0.150 e. The summed E-state index contributed by atoms with van der Waals surface area (Å²) < 4.78 is 9.86. The number of hydrogen-bond acceptors (Lipinski definition) is 3. The van der Waals surface area contributed by atoms with Crippen LogP contribution in [0.3, 0.4) is 0 Å². The lowest BCUT2D eigenvalue weighted by atomic mass is 10.2. The summed E-state index contributed by atoms with van der Waals surface area (Å²) in [5.41, 5.74) is 1.71. The van der Waals surface area contributed by atoms with E-state index in [4.69, 9.17) is 9.47 Å². The predicted octanol–water partition coefficient (Wildman–Crippen LogP) is 1.62. The van der Waals surface area contributed by atoms with Gasteiger partial charge in [-0.25, -0.2) is 0 Å². The van der Waals surface area contributed by atoms with E-state index in [1.165, 1.54) is 0 Å². The minimum absolute atomic E-state index is 0.287. The summed E-state index contributed by atoms with van der Waals surface area (Å²) in [7, 11) is 1.58. The van der Waals surface area contributed by atoms with Crippen molar-refractivity contribution in [1.29, 1.82) is 0 Å². The average molecular weight is 180 g/mol. The number of aldehydes is 1. The summed E-state index contributed by atoms with van der Waals surface area (Å²) in [4.78, 5) is 10.3. The van der Waals surface area contributed by atoms with Crippen molar-refractivity contribution in [3.8, 4) is 0 Å². The average Bonchev–Trinajstić information content (AvgIpc) is 2.19. The number of carbonyl (C=O) groups excluding carboxylic acids is 1. The van der Waals surface area contributed by atoms with E-state index >= 15 is 0 Å². The molecule has 0 saturated heterocycles. The molecule has 0 aliphatic rings. The monoisotopic (exact) mass is 180 g/mol. The van der Waals surface area contributed by atoms with Gasteiger partial charge in [-0.2, -0.15) is 0 Å². The van der Waals surface area contributed by atoms with Crippen LogP contribution in [0, 0.1) is 0 Å². The van der Waals surface area contributed by atoms with E-state index in [0.717, 1.165) is 11.8 Å². The molecule has 3 heteroatoms. The van der Waals surface area contributed by atoms with Crippen LogP contribution in [0.5, 0.6) is 0 Å². The number of ether oxygens (including phenoxy) is 2. The molecule has 1 rings (SSSR count). The summed E-state index contributed by atoms with van der Waals surface area (Å²) in [6.45, 7) is 0.794. The van der Waals surface area contributed by atoms with E-state index in [2.05, 4.69) is 0 Å². The van der Waals surface area contributed by atoms with Gasteiger partial charge in [0.1, 0.15) is 13.1 Å². The Labute approximate surface area is 77.3 Å². The van der Waals surface area contributed by atoms with Crippen molar-refractivity contribution < 1.29 is 14.3 Å². The van der Waals surface area contributed by atoms with E-state index in [9.17, 15) is 4.79 Å². The summed E-state index contributed by atoms with van der Waals surface area (Å²) in [6, 6.07) is 7.25. The normalized spacial score (nSPS) is 9.92. The molecule has 0 aliphatic heterocycles. The molecule has 70 valence electrons. The number of carbonyl (C=O) groups is 1. The van der Waals surface area contributed by atoms with E-state index in [0.29, 0.717) is 12.2 Å². The molecule has 1 aromatic rings. The van der Waals surface area contributed by atoms with Gasteiger partial charge < -0.3 is 9.47 Å². The quantitative estimate of drug-likeness (QED) is 0.392. The topological polar surface area (TPSA) is 35.5 Å². The van der Waals surface area contributed by atoms with Gasteiger partial charge in [-0.1, -0.05) is 24.3 Å². The highest BCUT2D eigenvalue weighted by atomic mass is 16.7. The molecule has 0 N–H and O–H groups in total. The van der Waals surface area contributed by atoms with Crippen molar-refractivity contribution in [2.24, 2.45) is 0 Å². The van der Waals surface area contributed by atoms with Crippen LogP contribution in [-0.2, 0) is 16.1 Å². The minimum atomic E-state index is 0.287. The Balaban J connectivity index is 2.44. The highest BCUT2D eigenvalue weighted by Crippen LogP contribution is 2.03. The molecule has 0 aromatic heterocycles. The van der Waals surface area contributed by atoms with Crippen LogP contribution in [0.1, 0.15) is 15.9 Å². The van der Waals surface area contributed by atoms with Crippen LogP contribution in [-0.4, -0.2) is 20.2 Å². The third-order valence-electron chi connectivity index (χ3n) is 1.59. The van der Waals surface area contributed by atoms with Gasteiger partial charge in [0.05, 0.1) is 6.61 Å². The Morgan fingerprint density at radius 1 is 1.31 bits per heavy atom. The minimum Gasteiger partial charge on any atom is -0.359 e. The van der Waals surface area contributed by atoms with Gasteiger partial charge in [0.2, 0.25) is 0 Å². The molecule has 0 aliphatic carbocycles. The van der Waals surface area contributed by atoms with Crippen LogP contribution < -0.4 is 0 Å². The largest absolute Gasteiger partial charge is 0.359 e. The van der Waals surface area contributed by atoms with E-state index in [1.807, 2.05) is 12.1 Å². The molecule has 0 saturated carbocycles. The number of methoxy groups -OCH3 is 1. The first-order valence-electron chi connectivity index (χ1n) is 3.97. The molecule has 0 bridgehead atoms. The van der Waals surface area contributed by atoms with Crippen LogP contribution in [0.15, 0.2) is 24.3 Å². The Kier molecular flexibility index (Phi) is 4.15. The molecule has 0 unspecified atom stereocenters. The summed E-state index contributed by atoms with van der Waals surface area (Å²) in [5.74, 6) is 0. The number of benzene rings is 1. The maximum absolute atomic E-state index is 10.3. The second-order valence-electron chi connectivity index (χ2n) is 2.61. The fraction of sp³-hybridized carbons (Fsp3) is 0.300. The molecule has 13 heavy (non-hydrogen) atoms. The van der Waals surface area contributed by atoms with Gasteiger partial charge in [0.15, 0.2) is 0 Å². The SMILES string of the molecule is COCOCc1ccc(C=O)cc1. The van der Waals surface area contributed by atoms with Gasteiger partial charge in [-0.3, -0.25) is 4.79 Å². The Morgan fingerprint density at radius 2 is 2.00 bits per heavy atom. The molecule has 0 fully saturated rings. The summed E-state index contributed by atoms with van der Waals surface area (Å²) in [6.07, 6.45) is 0.819. The Morgan fingerprint density at radius 3 is 2.54 bits per heavy atom. The van der Waals surface area contributed by atoms with Crippen molar-refractivity contribution >= 4 is 6.29 Å².